The lowest BCUT2D eigenvalue weighted by Crippen LogP contribution is -2.35. The van der Waals surface area contributed by atoms with Crippen molar-refractivity contribution in [3.63, 3.8) is 0 Å². The molecule has 0 bridgehead atoms. The zero-order valence-corrected chi connectivity index (χ0v) is 26.1. The Morgan fingerprint density at radius 1 is 0.737 bits per heavy atom. The van der Waals surface area contributed by atoms with Crippen molar-refractivity contribution in [1.82, 2.24) is 9.80 Å². The van der Waals surface area contributed by atoms with Crippen molar-refractivity contribution in [1.29, 1.82) is 0 Å². The summed E-state index contributed by atoms with van der Waals surface area (Å²) in [4.78, 5) is 4.96. The molecule has 2 aromatic rings. The second-order valence-electron chi connectivity index (χ2n) is 11.1. The van der Waals surface area contributed by atoms with Gasteiger partial charge in [0.25, 0.3) is 0 Å². The molecule has 2 heterocycles. The molecular formula is C35H60N2O. The summed E-state index contributed by atoms with van der Waals surface area (Å²) in [7, 11) is 2.21. The summed E-state index contributed by atoms with van der Waals surface area (Å²) in [6.45, 7) is 20.6. The van der Waals surface area contributed by atoms with Crippen molar-refractivity contribution in [3.05, 3.63) is 71.3 Å². The first kappa shape index (κ1) is 34.3. The van der Waals surface area contributed by atoms with E-state index in [2.05, 4.69) is 107 Å². The van der Waals surface area contributed by atoms with Crippen LogP contribution >= 0.6 is 0 Å². The van der Waals surface area contributed by atoms with Crippen LogP contribution in [0.4, 0.5) is 0 Å². The van der Waals surface area contributed by atoms with Gasteiger partial charge in [-0.1, -0.05) is 114 Å². The lowest BCUT2D eigenvalue weighted by atomic mass is 9.89. The molecule has 2 fully saturated rings. The molecule has 38 heavy (non-hydrogen) atoms. The fourth-order valence-corrected chi connectivity index (χ4v) is 4.76. The first-order valence-corrected chi connectivity index (χ1v) is 15.6. The van der Waals surface area contributed by atoms with Crippen LogP contribution in [0.1, 0.15) is 102 Å². The average Bonchev–Trinajstić information content (AvgIpc) is 2.94. The summed E-state index contributed by atoms with van der Waals surface area (Å²) in [5.41, 5.74) is 4.11. The zero-order chi connectivity index (χ0) is 28.0. The molecule has 2 aliphatic heterocycles. The van der Waals surface area contributed by atoms with Gasteiger partial charge in [-0.15, -0.1) is 0 Å². The van der Waals surface area contributed by atoms with E-state index >= 15 is 0 Å². The molecule has 2 saturated heterocycles. The Balaban J connectivity index is 0.000000397. The third-order valence-corrected chi connectivity index (χ3v) is 7.22. The van der Waals surface area contributed by atoms with Gasteiger partial charge < -0.3 is 14.5 Å². The van der Waals surface area contributed by atoms with Gasteiger partial charge in [0.1, 0.15) is 0 Å². The highest BCUT2D eigenvalue weighted by molar-refractivity contribution is 5.25. The molecular weight excluding hydrogens is 464 g/mol. The lowest BCUT2D eigenvalue weighted by Gasteiger charge is -2.32. The maximum absolute atomic E-state index is 5.81. The normalized spacial score (nSPS) is 16.8. The second kappa shape index (κ2) is 22.2. The Morgan fingerprint density at radius 2 is 1.29 bits per heavy atom. The molecule has 0 N–H and O–H groups in total. The van der Waals surface area contributed by atoms with Crippen LogP contribution in [0, 0.1) is 12.8 Å². The molecule has 216 valence electrons. The fourth-order valence-electron chi connectivity index (χ4n) is 4.76. The van der Waals surface area contributed by atoms with Gasteiger partial charge in [0.05, 0.1) is 13.2 Å². The number of benzene rings is 2. The van der Waals surface area contributed by atoms with Crippen LogP contribution in [0.15, 0.2) is 54.6 Å². The number of nitrogens with zero attached hydrogens (tertiary/aromatic N) is 2. The van der Waals surface area contributed by atoms with Crippen LogP contribution in [0.25, 0.3) is 0 Å². The summed E-state index contributed by atoms with van der Waals surface area (Å²) >= 11 is 0. The van der Waals surface area contributed by atoms with Gasteiger partial charge in [-0.2, -0.15) is 0 Å². The number of likely N-dealkylation sites (tertiary alicyclic amines) is 2. The molecule has 2 aliphatic rings. The zero-order valence-electron chi connectivity index (χ0n) is 26.1. The molecule has 0 spiro atoms. The number of piperidine rings is 2. The lowest BCUT2D eigenvalue weighted by molar-refractivity contribution is 0.0840. The minimum atomic E-state index is 0.723. The third kappa shape index (κ3) is 15.7. The first-order chi connectivity index (χ1) is 18.5. The van der Waals surface area contributed by atoms with E-state index in [-0.39, 0.29) is 0 Å². The first-order valence-electron chi connectivity index (χ1n) is 15.6. The summed E-state index contributed by atoms with van der Waals surface area (Å²) in [6.07, 6.45) is 9.26. The Morgan fingerprint density at radius 3 is 1.82 bits per heavy atom. The van der Waals surface area contributed by atoms with E-state index in [9.17, 15) is 0 Å². The molecule has 0 saturated carbocycles. The Bertz CT molecular complexity index is 758. The van der Waals surface area contributed by atoms with E-state index in [1.807, 2.05) is 6.07 Å². The molecule has 0 aromatic heterocycles. The maximum atomic E-state index is 5.81. The van der Waals surface area contributed by atoms with E-state index in [1.165, 1.54) is 87.8 Å². The van der Waals surface area contributed by atoms with E-state index in [4.69, 9.17) is 4.74 Å². The van der Waals surface area contributed by atoms with Crippen LogP contribution in [-0.2, 0) is 11.3 Å². The van der Waals surface area contributed by atoms with Gasteiger partial charge >= 0.3 is 0 Å². The van der Waals surface area contributed by atoms with E-state index < -0.39 is 0 Å². The molecule has 4 rings (SSSR count). The van der Waals surface area contributed by atoms with E-state index in [0.717, 1.165) is 31.6 Å². The van der Waals surface area contributed by atoms with Gasteiger partial charge in [0, 0.05) is 6.54 Å². The monoisotopic (exact) mass is 524 g/mol. The molecule has 0 unspecified atom stereocenters. The number of rotatable bonds is 7. The Kier molecular flexibility index (Phi) is 20.0. The summed E-state index contributed by atoms with van der Waals surface area (Å²) in [5, 5.41) is 0. The summed E-state index contributed by atoms with van der Waals surface area (Å²) in [5.74, 6) is 1.76. The number of hydrogen-bond donors (Lipinski definition) is 0. The molecule has 2 aromatic carbocycles. The quantitative estimate of drug-likeness (QED) is 0.336. The minimum absolute atomic E-state index is 0.723. The van der Waals surface area contributed by atoms with Crippen LogP contribution in [0.5, 0.6) is 0 Å². The van der Waals surface area contributed by atoms with Gasteiger partial charge in [-0.25, -0.2) is 0 Å². The second-order valence-corrected chi connectivity index (χ2v) is 11.1. The molecule has 3 nitrogen and oxygen atoms in total. The molecule has 0 aliphatic carbocycles. The standard InChI is InChI=1S/C21H27NO.C8H17N.2C3H8/c1-18-7-9-20(10-8-18)21-11-13-22(14-12-21)15-16-23-17-19-5-3-2-4-6-19;1-3-8-4-6-9(2)7-5-8;2*1-3-2/h2-10,21H,11-17H2,1H3;8H,3-7H2,1-2H3;2*3H2,1-2H3. The minimum Gasteiger partial charge on any atom is -0.375 e. The van der Waals surface area contributed by atoms with Crippen molar-refractivity contribution < 1.29 is 4.74 Å². The summed E-state index contributed by atoms with van der Waals surface area (Å²) in [6, 6.07) is 19.5. The van der Waals surface area contributed by atoms with E-state index in [1.54, 1.807) is 0 Å². The number of hydrogen-bond acceptors (Lipinski definition) is 3. The Labute approximate surface area is 237 Å². The highest BCUT2D eigenvalue weighted by Crippen LogP contribution is 2.28. The molecule has 0 amide bonds. The highest BCUT2D eigenvalue weighted by atomic mass is 16.5. The van der Waals surface area contributed by atoms with Gasteiger partial charge in [-0.3, -0.25) is 0 Å². The topological polar surface area (TPSA) is 15.7 Å². The van der Waals surface area contributed by atoms with Crippen molar-refractivity contribution in [2.75, 3.05) is 46.4 Å². The SMILES string of the molecule is CCC.CCC.CCC1CCN(C)CC1.Cc1ccc(C2CCN(CCOCc3ccccc3)CC2)cc1. The fraction of sp³-hybridized carbons (Fsp3) is 0.657. The molecule has 0 radical (unpaired) electrons. The van der Waals surface area contributed by atoms with Gasteiger partial charge in [0.15, 0.2) is 0 Å². The number of ether oxygens (including phenoxy) is 1. The third-order valence-electron chi connectivity index (χ3n) is 7.22. The summed E-state index contributed by atoms with van der Waals surface area (Å²) < 4.78 is 5.81. The van der Waals surface area contributed by atoms with Crippen LogP contribution in [-0.4, -0.2) is 56.2 Å². The van der Waals surface area contributed by atoms with Crippen LogP contribution in [0.2, 0.25) is 0 Å². The number of aryl methyl sites for hydroxylation is 1. The average molecular weight is 525 g/mol. The van der Waals surface area contributed by atoms with Crippen molar-refractivity contribution in [2.24, 2.45) is 5.92 Å². The maximum Gasteiger partial charge on any atom is 0.0717 e. The van der Waals surface area contributed by atoms with Crippen molar-refractivity contribution >= 4 is 0 Å². The predicted octanol–water partition coefficient (Wildman–Crippen LogP) is 8.96. The largest absolute Gasteiger partial charge is 0.375 e. The van der Waals surface area contributed by atoms with Crippen molar-refractivity contribution in [3.8, 4) is 0 Å². The Hall–Kier alpha value is -1.68. The smallest absolute Gasteiger partial charge is 0.0717 e. The predicted molar refractivity (Wildman–Crippen MR) is 168 cm³/mol. The van der Waals surface area contributed by atoms with E-state index in [0.29, 0.717) is 0 Å². The molecule has 0 atom stereocenters. The highest BCUT2D eigenvalue weighted by Gasteiger charge is 2.20. The molecule has 3 heteroatoms. The van der Waals surface area contributed by atoms with Gasteiger partial charge in [-0.05, 0) is 88.8 Å². The van der Waals surface area contributed by atoms with Crippen LogP contribution < -0.4 is 0 Å². The van der Waals surface area contributed by atoms with Crippen molar-refractivity contribution in [2.45, 2.75) is 99.0 Å². The van der Waals surface area contributed by atoms with Gasteiger partial charge in [0.2, 0.25) is 0 Å². The van der Waals surface area contributed by atoms with Crippen LogP contribution in [0.3, 0.4) is 0 Å².